The van der Waals surface area contributed by atoms with Crippen LogP contribution in [0, 0.1) is 5.41 Å². The standard InChI is InChI=1S/C18H22N6O2/c19-15-10-16(23-18(25)22-11-13-4-2-1-3-5-13)21-12-14(15)17(20)24-6-8-26-9-7-24/h1-5,10,12,20H,6-9,11H2,(H4,19,21,22,23,25). The molecule has 5 N–H and O–H groups in total. The normalized spacial score (nSPS) is 13.9. The molecule has 1 aliphatic rings. The topological polar surface area (TPSA) is 116 Å². The SMILES string of the molecule is N=C(c1cnc(NC(=O)NCc2ccccc2)cc1N)N1CCOCC1. The van der Waals surface area contributed by atoms with Crippen LogP contribution in [0.4, 0.5) is 16.3 Å². The Balaban J connectivity index is 1.58. The smallest absolute Gasteiger partial charge is 0.320 e. The third kappa shape index (κ3) is 4.48. The van der Waals surface area contributed by atoms with Gasteiger partial charge in [-0.2, -0.15) is 0 Å². The zero-order valence-electron chi connectivity index (χ0n) is 14.4. The minimum Gasteiger partial charge on any atom is -0.398 e. The molecule has 136 valence electrons. The van der Waals surface area contributed by atoms with Crippen molar-refractivity contribution in [3.8, 4) is 0 Å². The van der Waals surface area contributed by atoms with E-state index in [4.69, 9.17) is 15.9 Å². The van der Waals surface area contributed by atoms with Crippen LogP contribution in [-0.2, 0) is 11.3 Å². The summed E-state index contributed by atoms with van der Waals surface area (Å²) in [5.74, 6) is 0.657. The fourth-order valence-corrected chi connectivity index (χ4v) is 2.63. The summed E-state index contributed by atoms with van der Waals surface area (Å²) in [6, 6.07) is 10.8. The quantitative estimate of drug-likeness (QED) is 0.492. The van der Waals surface area contributed by atoms with E-state index in [0.717, 1.165) is 5.56 Å². The van der Waals surface area contributed by atoms with Crippen molar-refractivity contribution in [1.82, 2.24) is 15.2 Å². The first kappa shape index (κ1) is 17.7. The van der Waals surface area contributed by atoms with Crippen LogP contribution < -0.4 is 16.4 Å². The van der Waals surface area contributed by atoms with Gasteiger partial charge >= 0.3 is 6.03 Å². The first-order chi connectivity index (χ1) is 12.6. The molecule has 0 radical (unpaired) electrons. The fraction of sp³-hybridized carbons (Fsp3) is 0.278. The third-order valence-electron chi connectivity index (χ3n) is 4.06. The van der Waals surface area contributed by atoms with E-state index in [9.17, 15) is 4.79 Å². The Morgan fingerprint density at radius 3 is 2.69 bits per heavy atom. The molecule has 0 unspecified atom stereocenters. The van der Waals surface area contributed by atoms with Crippen molar-refractivity contribution in [2.24, 2.45) is 0 Å². The van der Waals surface area contributed by atoms with Gasteiger partial charge in [0.2, 0.25) is 0 Å². The number of nitrogen functional groups attached to an aromatic ring is 1. The second-order valence-electron chi connectivity index (χ2n) is 5.90. The number of amides is 2. The van der Waals surface area contributed by atoms with Crippen molar-refractivity contribution in [1.29, 1.82) is 5.41 Å². The van der Waals surface area contributed by atoms with Gasteiger partial charge in [0.25, 0.3) is 0 Å². The molecule has 2 aromatic rings. The summed E-state index contributed by atoms with van der Waals surface area (Å²) >= 11 is 0. The van der Waals surface area contributed by atoms with E-state index in [0.29, 0.717) is 55.8 Å². The summed E-state index contributed by atoms with van der Waals surface area (Å²) in [6.45, 7) is 2.91. The number of hydrogen-bond acceptors (Lipinski definition) is 5. The van der Waals surface area contributed by atoms with Gasteiger partial charge in [-0.05, 0) is 5.56 Å². The number of carbonyl (C=O) groups is 1. The maximum atomic E-state index is 12.0. The van der Waals surface area contributed by atoms with E-state index in [1.165, 1.54) is 6.20 Å². The maximum Gasteiger partial charge on any atom is 0.320 e. The number of aromatic nitrogens is 1. The molecule has 0 saturated carbocycles. The van der Waals surface area contributed by atoms with Crippen LogP contribution in [0.3, 0.4) is 0 Å². The van der Waals surface area contributed by atoms with Gasteiger partial charge in [0.1, 0.15) is 11.7 Å². The number of anilines is 2. The Hall–Kier alpha value is -3.13. The highest BCUT2D eigenvalue weighted by molar-refractivity contribution is 6.01. The number of amidine groups is 1. The number of nitrogens with one attached hydrogen (secondary N) is 3. The first-order valence-corrected chi connectivity index (χ1v) is 8.39. The number of pyridine rings is 1. The largest absolute Gasteiger partial charge is 0.398 e. The molecule has 1 aliphatic heterocycles. The molecule has 1 fully saturated rings. The lowest BCUT2D eigenvalue weighted by molar-refractivity contribution is 0.0680. The van der Waals surface area contributed by atoms with Gasteiger partial charge in [-0.25, -0.2) is 9.78 Å². The predicted molar refractivity (Wildman–Crippen MR) is 100 cm³/mol. The number of carbonyl (C=O) groups excluding carboxylic acids is 1. The van der Waals surface area contributed by atoms with Crippen LogP contribution in [0.1, 0.15) is 11.1 Å². The number of urea groups is 1. The summed E-state index contributed by atoms with van der Waals surface area (Å²) in [7, 11) is 0. The average molecular weight is 354 g/mol. The third-order valence-corrected chi connectivity index (χ3v) is 4.06. The zero-order valence-corrected chi connectivity index (χ0v) is 14.4. The Labute approximate surface area is 151 Å². The van der Waals surface area contributed by atoms with E-state index in [-0.39, 0.29) is 6.03 Å². The molecule has 2 amide bonds. The van der Waals surface area contributed by atoms with Crippen molar-refractivity contribution in [3.63, 3.8) is 0 Å². The molecule has 0 atom stereocenters. The summed E-state index contributed by atoms with van der Waals surface area (Å²) < 4.78 is 5.29. The van der Waals surface area contributed by atoms with Crippen LogP contribution in [0.15, 0.2) is 42.6 Å². The predicted octanol–water partition coefficient (Wildman–Crippen LogP) is 1.64. The molecule has 1 aromatic carbocycles. The van der Waals surface area contributed by atoms with Crippen LogP contribution in [-0.4, -0.2) is 48.1 Å². The van der Waals surface area contributed by atoms with E-state index in [1.807, 2.05) is 35.2 Å². The number of morpholine rings is 1. The average Bonchev–Trinajstić information content (AvgIpc) is 2.67. The van der Waals surface area contributed by atoms with Crippen molar-refractivity contribution < 1.29 is 9.53 Å². The lowest BCUT2D eigenvalue weighted by Crippen LogP contribution is -2.41. The zero-order chi connectivity index (χ0) is 18.4. The van der Waals surface area contributed by atoms with Crippen LogP contribution >= 0.6 is 0 Å². The van der Waals surface area contributed by atoms with Gasteiger partial charge in [-0.15, -0.1) is 0 Å². The van der Waals surface area contributed by atoms with E-state index >= 15 is 0 Å². The maximum absolute atomic E-state index is 12.0. The molecule has 3 rings (SSSR count). The highest BCUT2D eigenvalue weighted by Gasteiger charge is 2.18. The van der Waals surface area contributed by atoms with E-state index in [1.54, 1.807) is 6.07 Å². The fourth-order valence-electron chi connectivity index (χ4n) is 2.63. The van der Waals surface area contributed by atoms with Gasteiger partial charge in [0.15, 0.2) is 0 Å². The van der Waals surface area contributed by atoms with Crippen molar-refractivity contribution in [2.45, 2.75) is 6.54 Å². The highest BCUT2D eigenvalue weighted by atomic mass is 16.5. The van der Waals surface area contributed by atoms with Crippen molar-refractivity contribution in [2.75, 3.05) is 37.4 Å². The molecular formula is C18H22N6O2. The van der Waals surface area contributed by atoms with Gasteiger partial charge in [-0.3, -0.25) is 10.7 Å². The summed E-state index contributed by atoms with van der Waals surface area (Å²) in [5.41, 5.74) is 8.01. The van der Waals surface area contributed by atoms with E-state index < -0.39 is 0 Å². The minimum absolute atomic E-state index is 0.318. The summed E-state index contributed by atoms with van der Waals surface area (Å²) in [5, 5.41) is 13.7. The van der Waals surface area contributed by atoms with Crippen LogP contribution in [0.25, 0.3) is 0 Å². The molecule has 0 spiro atoms. The Kier molecular flexibility index (Phi) is 5.65. The molecule has 2 heterocycles. The lowest BCUT2D eigenvalue weighted by Gasteiger charge is -2.29. The first-order valence-electron chi connectivity index (χ1n) is 8.39. The van der Waals surface area contributed by atoms with Gasteiger partial charge < -0.3 is 20.7 Å². The molecule has 8 nitrogen and oxygen atoms in total. The molecular weight excluding hydrogens is 332 g/mol. The molecule has 1 saturated heterocycles. The van der Waals surface area contributed by atoms with Crippen molar-refractivity contribution >= 4 is 23.4 Å². The van der Waals surface area contributed by atoms with Crippen LogP contribution in [0.2, 0.25) is 0 Å². The number of benzene rings is 1. The number of rotatable bonds is 4. The van der Waals surface area contributed by atoms with Gasteiger partial charge in [-0.1, -0.05) is 30.3 Å². The summed E-state index contributed by atoms with van der Waals surface area (Å²) in [4.78, 5) is 18.1. The van der Waals surface area contributed by atoms with Gasteiger partial charge in [0.05, 0.1) is 18.8 Å². The Morgan fingerprint density at radius 1 is 1.27 bits per heavy atom. The number of ether oxygens (including phenoxy) is 1. The highest BCUT2D eigenvalue weighted by Crippen LogP contribution is 2.17. The van der Waals surface area contributed by atoms with Crippen molar-refractivity contribution in [3.05, 3.63) is 53.7 Å². The Morgan fingerprint density at radius 2 is 2.00 bits per heavy atom. The molecule has 0 bridgehead atoms. The molecule has 0 aliphatic carbocycles. The van der Waals surface area contributed by atoms with Gasteiger partial charge in [0, 0.05) is 37.6 Å². The second kappa shape index (κ2) is 8.30. The molecule has 8 heteroatoms. The van der Waals surface area contributed by atoms with E-state index in [2.05, 4.69) is 15.6 Å². The number of hydrogen-bond donors (Lipinski definition) is 4. The monoisotopic (exact) mass is 354 g/mol. The Bertz CT molecular complexity index is 775. The molecule has 26 heavy (non-hydrogen) atoms. The number of nitrogens with zero attached hydrogens (tertiary/aromatic N) is 2. The lowest BCUT2D eigenvalue weighted by atomic mass is 10.2. The molecule has 1 aromatic heterocycles. The minimum atomic E-state index is -0.364. The second-order valence-corrected chi connectivity index (χ2v) is 5.90. The van der Waals surface area contributed by atoms with Crippen LogP contribution in [0.5, 0.6) is 0 Å². The number of nitrogens with two attached hydrogens (primary N) is 1. The summed E-state index contributed by atoms with van der Waals surface area (Å²) in [6.07, 6.45) is 1.51.